The van der Waals surface area contributed by atoms with E-state index < -0.39 is 5.79 Å². The summed E-state index contributed by atoms with van der Waals surface area (Å²) in [5.74, 6) is -0.607. The molecule has 0 N–H and O–H groups in total. The molecule has 24 heavy (non-hydrogen) atoms. The van der Waals surface area contributed by atoms with Gasteiger partial charge in [0.1, 0.15) is 19.0 Å². The van der Waals surface area contributed by atoms with Crippen LogP contribution in [0.15, 0.2) is 35.5 Å². The third-order valence-corrected chi connectivity index (χ3v) is 5.09. The molecule has 0 unspecified atom stereocenters. The van der Waals surface area contributed by atoms with Crippen LogP contribution in [-0.2, 0) is 18.9 Å². The first kappa shape index (κ1) is 17.9. The monoisotopic (exact) mass is 334 g/mol. The lowest BCUT2D eigenvalue weighted by molar-refractivity contribution is -0.168. The molecule has 2 saturated carbocycles. The van der Waals surface area contributed by atoms with Gasteiger partial charge in [-0.05, 0) is 50.7 Å². The largest absolute Gasteiger partial charge is 0.359 e. The van der Waals surface area contributed by atoms with E-state index in [0.717, 1.165) is 12.0 Å². The van der Waals surface area contributed by atoms with Crippen molar-refractivity contribution in [3.8, 4) is 0 Å². The van der Waals surface area contributed by atoms with Crippen LogP contribution in [0.4, 0.5) is 0 Å². The first-order valence-corrected chi connectivity index (χ1v) is 9.04. The van der Waals surface area contributed by atoms with Gasteiger partial charge in [0.15, 0.2) is 5.79 Å². The van der Waals surface area contributed by atoms with Gasteiger partial charge in [-0.3, -0.25) is 0 Å². The summed E-state index contributed by atoms with van der Waals surface area (Å²) in [7, 11) is 1.64. The Balaban J connectivity index is 1.78. The fourth-order valence-corrected chi connectivity index (χ4v) is 3.85. The van der Waals surface area contributed by atoms with Gasteiger partial charge in [-0.1, -0.05) is 30.7 Å². The molecule has 134 valence electrons. The van der Waals surface area contributed by atoms with Gasteiger partial charge in [0.05, 0.1) is 6.10 Å². The van der Waals surface area contributed by atoms with Crippen LogP contribution in [0.25, 0.3) is 0 Å². The molecule has 0 radical (unpaired) electrons. The van der Waals surface area contributed by atoms with Crippen molar-refractivity contribution in [2.45, 2.75) is 76.5 Å². The van der Waals surface area contributed by atoms with Gasteiger partial charge in [0.25, 0.3) is 0 Å². The first-order valence-electron chi connectivity index (χ1n) is 9.04. The molecule has 3 fully saturated rings. The maximum atomic E-state index is 6.09. The molecular formula is C20H30O4. The van der Waals surface area contributed by atoms with E-state index in [-0.39, 0.29) is 25.1 Å². The number of methoxy groups -OCH3 is 1. The Labute approximate surface area is 145 Å². The Morgan fingerprint density at radius 2 is 1.92 bits per heavy atom. The van der Waals surface area contributed by atoms with E-state index in [9.17, 15) is 0 Å². The van der Waals surface area contributed by atoms with E-state index in [2.05, 4.69) is 18.7 Å². The van der Waals surface area contributed by atoms with Crippen molar-refractivity contribution in [3.63, 3.8) is 0 Å². The molecule has 0 spiro atoms. The summed E-state index contributed by atoms with van der Waals surface area (Å²) in [6.45, 7) is 8.44. The van der Waals surface area contributed by atoms with Crippen LogP contribution in [-0.4, -0.2) is 38.0 Å². The number of rotatable bonds is 4. The van der Waals surface area contributed by atoms with Crippen molar-refractivity contribution < 1.29 is 18.9 Å². The van der Waals surface area contributed by atoms with Crippen LogP contribution in [0, 0.1) is 0 Å². The second kappa shape index (κ2) is 7.52. The molecule has 4 heteroatoms. The van der Waals surface area contributed by atoms with Gasteiger partial charge in [-0.2, -0.15) is 0 Å². The maximum absolute atomic E-state index is 6.09. The van der Waals surface area contributed by atoms with Crippen LogP contribution in [0.1, 0.15) is 52.4 Å². The lowest BCUT2D eigenvalue weighted by atomic mass is 9.83. The highest BCUT2D eigenvalue weighted by Crippen LogP contribution is 2.42. The summed E-state index contributed by atoms with van der Waals surface area (Å²) in [4.78, 5) is 0. The van der Waals surface area contributed by atoms with Gasteiger partial charge in [0.2, 0.25) is 0 Å². The minimum Gasteiger partial charge on any atom is -0.359 e. The van der Waals surface area contributed by atoms with Crippen LogP contribution < -0.4 is 0 Å². The Bertz CT molecular complexity index is 524. The first-order chi connectivity index (χ1) is 11.5. The van der Waals surface area contributed by atoms with Crippen molar-refractivity contribution >= 4 is 0 Å². The molecule has 0 bridgehead atoms. The predicted molar refractivity (Wildman–Crippen MR) is 93.6 cm³/mol. The Morgan fingerprint density at radius 3 is 2.62 bits per heavy atom. The molecule has 0 amide bonds. The molecule has 3 atom stereocenters. The van der Waals surface area contributed by atoms with Crippen molar-refractivity contribution in [3.05, 3.63) is 35.5 Å². The van der Waals surface area contributed by atoms with Crippen molar-refractivity contribution in [1.29, 1.82) is 0 Å². The molecule has 0 aromatic rings. The van der Waals surface area contributed by atoms with E-state index >= 15 is 0 Å². The fraction of sp³-hybridized carbons (Fsp3) is 0.700. The normalized spacial score (nSPS) is 34.5. The standard InChI is InChI=1S/C20H30O4/c1-14-16(11-10-15-8-6-5-7-9-15)12-17(22-13-21-4)19-18(14)23-20(2,3)24-19/h10-11,17-19H,1,5-9,12-13H2,2-4H3/b16-11+/t17-,18-,19-/m1/s1. The highest BCUT2D eigenvalue weighted by molar-refractivity contribution is 5.40. The molecule has 0 aromatic carbocycles. The average Bonchev–Trinajstić information content (AvgIpc) is 2.90. The number of allylic oxidation sites excluding steroid dienone is 3. The van der Waals surface area contributed by atoms with E-state index in [1.807, 2.05) is 13.8 Å². The van der Waals surface area contributed by atoms with Gasteiger partial charge < -0.3 is 18.9 Å². The Kier molecular flexibility index (Phi) is 5.60. The van der Waals surface area contributed by atoms with Gasteiger partial charge in [0, 0.05) is 13.5 Å². The minimum absolute atomic E-state index is 0.0711. The SMILES string of the molecule is C=C1/C(=C/C=C2CCCCC2)C[C@@H](OCOC)[C@H]2OC(C)(C)O[C@H]12. The molecule has 1 heterocycles. The Morgan fingerprint density at radius 1 is 1.17 bits per heavy atom. The predicted octanol–water partition coefficient (Wildman–Crippen LogP) is 4.27. The number of ether oxygens (including phenoxy) is 4. The fourth-order valence-electron chi connectivity index (χ4n) is 3.85. The minimum atomic E-state index is -0.607. The van der Waals surface area contributed by atoms with Crippen molar-refractivity contribution in [2.24, 2.45) is 0 Å². The molecule has 2 aliphatic carbocycles. The van der Waals surface area contributed by atoms with Crippen molar-refractivity contribution in [1.82, 2.24) is 0 Å². The maximum Gasteiger partial charge on any atom is 0.164 e. The second-order valence-electron chi connectivity index (χ2n) is 7.44. The van der Waals surface area contributed by atoms with Crippen molar-refractivity contribution in [2.75, 3.05) is 13.9 Å². The molecule has 3 aliphatic rings. The van der Waals surface area contributed by atoms with Crippen LogP contribution >= 0.6 is 0 Å². The molecular weight excluding hydrogens is 304 g/mol. The zero-order valence-corrected chi connectivity index (χ0v) is 15.2. The average molecular weight is 334 g/mol. The van der Waals surface area contributed by atoms with Gasteiger partial charge in [-0.15, -0.1) is 0 Å². The van der Waals surface area contributed by atoms with Gasteiger partial charge >= 0.3 is 0 Å². The van der Waals surface area contributed by atoms with Crippen LogP contribution in [0.3, 0.4) is 0 Å². The van der Waals surface area contributed by atoms with Crippen LogP contribution in [0.2, 0.25) is 0 Å². The smallest absolute Gasteiger partial charge is 0.164 e. The van der Waals surface area contributed by atoms with E-state index in [1.165, 1.54) is 37.7 Å². The van der Waals surface area contributed by atoms with E-state index in [4.69, 9.17) is 18.9 Å². The summed E-state index contributed by atoms with van der Waals surface area (Å²) in [6, 6.07) is 0. The number of hydrogen-bond acceptors (Lipinski definition) is 4. The quantitative estimate of drug-likeness (QED) is 0.719. The third kappa shape index (κ3) is 3.99. The zero-order valence-electron chi connectivity index (χ0n) is 15.2. The third-order valence-electron chi connectivity index (χ3n) is 5.09. The highest BCUT2D eigenvalue weighted by atomic mass is 16.8. The molecule has 1 aliphatic heterocycles. The summed E-state index contributed by atoms with van der Waals surface area (Å²) in [6.07, 6.45) is 11.4. The summed E-state index contributed by atoms with van der Waals surface area (Å²) in [5.41, 5.74) is 3.77. The number of fused-ring (bicyclic) bond motifs is 1. The molecule has 3 rings (SSSR count). The molecule has 1 saturated heterocycles. The lowest BCUT2D eigenvalue weighted by Crippen LogP contribution is -2.43. The van der Waals surface area contributed by atoms with E-state index in [1.54, 1.807) is 12.7 Å². The summed E-state index contributed by atoms with van der Waals surface area (Å²) >= 11 is 0. The molecule has 0 aromatic heterocycles. The Hall–Kier alpha value is -0.940. The summed E-state index contributed by atoms with van der Waals surface area (Å²) in [5, 5.41) is 0. The topological polar surface area (TPSA) is 36.9 Å². The zero-order chi connectivity index (χ0) is 17.2. The second-order valence-corrected chi connectivity index (χ2v) is 7.44. The summed E-state index contributed by atoms with van der Waals surface area (Å²) < 4.78 is 23.1. The lowest BCUT2D eigenvalue weighted by Gasteiger charge is -2.34. The highest BCUT2D eigenvalue weighted by Gasteiger charge is 2.50. The van der Waals surface area contributed by atoms with Gasteiger partial charge in [-0.25, -0.2) is 0 Å². The van der Waals surface area contributed by atoms with Crippen LogP contribution in [0.5, 0.6) is 0 Å². The van der Waals surface area contributed by atoms with E-state index in [0.29, 0.717) is 0 Å². The number of hydrogen-bond donors (Lipinski definition) is 0. The molecule has 4 nitrogen and oxygen atoms in total.